The molecule has 2 N–H and O–H groups in total. The van der Waals surface area contributed by atoms with Gasteiger partial charge in [0.15, 0.2) is 16.9 Å². The molecule has 14 heteroatoms. The van der Waals surface area contributed by atoms with Crippen molar-refractivity contribution in [3.05, 3.63) is 201 Å². The Morgan fingerprint density at radius 2 is 1.42 bits per heavy atom. The van der Waals surface area contributed by atoms with Crippen molar-refractivity contribution in [3.8, 4) is 0 Å². The van der Waals surface area contributed by atoms with Crippen LogP contribution < -0.4 is 10.6 Å². The third-order valence-corrected chi connectivity index (χ3v) is 15.0. The van der Waals surface area contributed by atoms with Crippen LogP contribution in [-0.4, -0.2) is 76.6 Å². The van der Waals surface area contributed by atoms with Gasteiger partial charge in [-0.1, -0.05) is 157 Å². The Morgan fingerprint density at radius 1 is 0.859 bits per heavy atom. The van der Waals surface area contributed by atoms with Gasteiger partial charge in [-0.3, -0.25) is 14.5 Å². The lowest BCUT2D eigenvalue weighted by atomic mass is 9.77. The van der Waals surface area contributed by atoms with E-state index in [9.17, 15) is 14.4 Å². The number of thiazole rings is 1. The van der Waals surface area contributed by atoms with Crippen LogP contribution in [0.15, 0.2) is 173 Å². The number of hydrogen-bond donors (Lipinski definition) is 2. The highest BCUT2D eigenvalue weighted by molar-refractivity contribution is 8.06. The zero-order chi connectivity index (χ0) is 43.9. The van der Waals surface area contributed by atoms with Gasteiger partial charge in [0.1, 0.15) is 35.5 Å². The summed E-state index contributed by atoms with van der Waals surface area (Å²) in [5, 5.41) is 12.5. The molecule has 9 rings (SSSR count). The minimum absolute atomic E-state index is 0.0950. The number of anilines is 1. The predicted octanol–water partition coefficient (Wildman–Crippen LogP) is 8.61. The first-order valence-corrected chi connectivity index (χ1v) is 23.9. The molecule has 0 spiro atoms. The van der Waals surface area contributed by atoms with Crippen LogP contribution in [0.3, 0.4) is 0 Å². The lowest BCUT2D eigenvalue weighted by Crippen LogP contribution is -2.71. The van der Waals surface area contributed by atoms with Gasteiger partial charge in [0.05, 0.1) is 6.61 Å². The molecule has 0 saturated carbocycles. The van der Waals surface area contributed by atoms with E-state index in [2.05, 4.69) is 52.2 Å². The lowest BCUT2D eigenvalue weighted by Gasteiger charge is -2.49. The summed E-state index contributed by atoms with van der Waals surface area (Å²) >= 11 is 4.38. The number of thioether (sulfide) groups is 2. The van der Waals surface area contributed by atoms with Crippen LogP contribution in [0, 0.1) is 5.92 Å². The first kappa shape index (κ1) is 43.1. The second-order valence-corrected chi connectivity index (χ2v) is 18.5. The molecule has 324 valence electrons. The third-order valence-electron chi connectivity index (χ3n) is 11.4. The number of amides is 2. The molecule has 2 fully saturated rings. The van der Waals surface area contributed by atoms with E-state index in [1.807, 2.05) is 115 Å². The molecule has 0 aliphatic carbocycles. The van der Waals surface area contributed by atoms with Crippen molar-refractivity contribution >= 4 is 63.5 Å². The quantitative estimate of drug-likeness (QED) is 0.0320. The first-order valence-electron chi connectivity index (χ1n) is 21.0. The van der Waals surface area contributed by atoms with Crippen LogP contribution in [-0.2, 0) is 34.2 Å². The van der Waals surface area contributed by atoms with Gasteiger partial charge in [0.2, 0.25) is 0 Å². The lowest BCUT2D eigenvalue weighted by molar-refractivity contribution is -0.154. The molecule has 5 aromatic carbocycles. The molecule has 6 aromatic rings. The minimum Gasteiger partial charge on any atom is -0.448 e. The van der Waals surface area contributed by atoms with E-state index in [0.29, 0.717) is 30.0 Å². The van der Waals surface area contributed by atoms with E-state index in [1.165, 1.54) is 35.1 Å². The number of rotatable bonds is 16. The number of fused-ring (bicyclic) bond motifs is 1. The molecule has 2 saturated heterocycles. The molecule has 3 aliphatic rings. The molecule has 0 radical (unpaired) electrons. The second-order valence-electron chi connectivity index (χ2n) is 15.4. The van der Waals surface area contributed by atoms with Crippen molar-refractivity contribution in [2.45, 2.75) is 29.5 Å². The van der Waals surface area contributed by atoms with Crippen LogP contribution in [0.1, 0.15) is 46.0 Å². The Morgan fingerprint density at radius 3 is 1.95 bits per heavy atom. The van der Waals surface area contributed by atoms with E-state index < -0.39 is 40.8 Å². The van der Waals surface area contributed by atoms with Gasteiger partial charge >= 0.3 is 5.97 Å². The van der Waals surface area contributed by atoms with Gasteiger partial charge in [-0.05, 0) is 40.2 Å². The molecule has 2 amide bonds. The van der Waals surface area contributed by atoms with Crippen LogP contribution >= 0.6 is 34.9 Å². The Hall–Kier alpha value is -6.19. The molecule has 3 aliphatic heterocycles. The van der Waals surface area contributed by atoms with Crippen LogP contribution in [0.5, 0.6) is 0 Å². The number of benzene rings is 5. The maximum Gasteiger partial charge on any atom is 0.356 e. The van der Waals surface area contributed by atoms with Crippen LogP contribution in [0.25, 0.3) is 0 Å². The Bertz CT molecular complexity index is 2490. The van der Waals surface area contributed by atoms with E-state index >= 15 is 0 Å². The van der Waals surface area contributed by atoms with E-state index in [0.717, 1.165) is 44.9 Å². The summed E-state index contributed by atoms with van der Waals surface area (Å²) in [5.74, 6) is -0.133. The fourth-order valence-electron chi connectivity index (χ4n) is 8.26. The van der Waals surface area contributed by atoms with Gasteiger partial charge in [0, 0.05) is 28.4 Å². The van der Waals surface area contributed by atoms with Gasteiger partial charge in [-0.2, -0.15) is 0 Å². The van der Waals surface area contributed by atoms with Crippen LogP contribution in [0.4, 0.5) is 5.13 Å². The smallest absolute Gasteiger partial charge is 0.356 e. The molecule has 3 atom stereocenters. The molecule has 1 aromatic heterocycles. The second kappa shape index (κ2) is 19.7. The molecular weight excluding hydrogens is 863 g/mol. The highest BCUT2D eigenvalue weighted by Gasteiger charge is 2.55. The van der Waals surface area contributed by atoms with E-state index in [-0.39, 0.29) is 17.1 Å². The maximum absolute atomic E-state index is 14.5. The molecule has 0 bridgehead atoms. The fraction of sp³-hybridized carbons (Fsp3) is 0.220. The van der Waals surface area contributed by atoms with Crippen LogP contribution in [0.2, 0.25) is 0 Å². The zero-order valence-electron chi connectivity index (χ0n) is 34.9. The number of esters is 1. The summed E-state index contributed by atoms with van der Waals surface area (Å²) in [6.07, 6.45) is 0.229. The van der Waals surface area contributed by atoms with Crippen molar-refractivity contribution in [3.63, 3.8) is 0 Å². The first-order chi connectivity index (χ1) is 31.4. The van der Waals surface area contributed by atoms with E-state index in [1.54, 1.807) is 17.1 Å². The molecular formula is C50H45N5O6S3. The molecule has 2 unspecified atom stereocenters. The number of nitrogens with one attached hydrogen (secondary N) is 2. The summed E-state index contributed by atoms with van der Waals surface area (Å²) in [4.78, 5) is 55.4. The minimum atomic E-state index is -0.950. The summed E-state index contributed by atoms with van der Waals surface area (Å²) in [7, 11) is 1.36. The van der Waals surface area contributed by atoms with Gasteiger partial charge in [-0.25, -0.2) is 9.78 Å². The average Bonchev–Trinajstić information content (AvgIpc) is 4.06. The topological polar surface area (TPSA) is 131 Å². The third kappa shape index (κ3) is 8.83. The summed E-state index contributed by atoms with van der Waals surface area (Å²) in [5.41, 5.74) is 4.11. The van der Waals surface area contributed by atoms with Gasteiger partial charge in [-0.15, -0.1) is 34.9 Å². The Balaban J connectivity index is 0.973. The van der Waals surface area contributed by atoms with Gasteiger partial charge in [0.25, 0.3) is 11.8 Å². The number of carbonyl (C=O) groups is 3. The standard InChI is InChI=1S/C50H45N5O6S3/c1-59-54-41(39-31-64-49(51-39)53-50(36-21-11-4-12-22-36,37-23-13-5-14-24-37)38-25-15-6-16-26-38)45(56)52-42-46(57)55-43(40(32-63-47(42)55)62-30-33-27-28-60-29-33)48(58)61-44(34-17-7-2-8-18-34)35-19-9-3-10-20-35/h2-26,31,33,42,44,47H,27-30,32H2,1H3,(H,51,53)(H,52,56)/b54-41-/t33?,42?,47-/m1/s1. The highest BCUT2D eigenvalue weighted by atomic mass is 32.2. The number of aromatic nitrogens is 1. The van der Waals surface area contributed by atoms with Crippen molar-refractivity contribution in [2.24, 2.45) is 11.1 Å². The SMILES string of the molecule is CO/N=C(\C(=O)NC1C(=O)N2C(C(=O)OC(c3ccccc3)c3ccccc3)=C(SCC3CCOC3)CS[C@H]12)c1csc(NC(c2ccccc2)(c2ccccc2)c2ccccc2)n1. The average molecular weight is 908 g/mol. The van der Waals surface area contributed by atoms with Gasteiger partial charge < -0.3 is 24.9 Å². The zero-order valence-corrected chi connectivity index (χ0v) is 37.3. The number of β-lactam (4-membered cyclic amide) rings is 1. The number of carbonyl (C=O) groups excluding carboxylic acids is 3. The molecule has 64 heavy (non-hydrogen) atoms. The monoisotopic (exact) mass is 907 g/mol. The van der Waals surface area contributed by atoms with Crippen molar-refractivity contribution in [1.29, 1.82) is 0 Å². The molecule has 4 heterocycles. The number of nitrogens with zero attached hydrogens (tertiary/aromatic N) is 3. The van der Waals surface area contributed by atoms with Crippen molar-refractivity contribution < 1.29 is 28.7 Å². The van der Waals surface area contributed by atoms with Crippen molar-refractivity contribution in [2.75, 3.05) is 37.1 Å². The normalized spacial score (nSPS) is 18.6. The maximum atomic E-state index is 14.5. The number of oxime groups is 1. The summed E-state index contributed by atoms with van der Waals surface area (Å²) in [6.45, 7) is 1.37. The number of ether oxygens (including phenoxy) is 2. The highest BCUT2D eigenvalue weighted by Crippen LogP contribution is 2.46. The molecule has 11 nitrogen and oxygen atoms in total. The largest absolute Gasteiger partial charge is 0.448 e. The Labute approximate surface area is 384 Å². The summed E-state index contributed by atoms with van der Waals surface area (Å²) < 4.78 is 12.0. The van der Waals surface area contributed by atoms with E-state index in [4.69, 9.17) is 19.3 Å². The van der Waals surface area contributed by atoms with Crippen molar-refractivity contribution in [1.82, 2.24) is 15.2 Å². The predicted molar refractivity (Wildman–Crippen MR) is 253 cm³/mol. The Kier molecular flexibility index (Phi) is 13.3. The summed E-state index contributed by atoms with van der Waals surface area (Å²) in [6, 6.07) is 48.6. The number of hydrogen-bond acceptors (Lipinski definition) is 12. The fourth-order valence-corrected chi connectivity index (χ4v) is 11.8.